The lowest BCUT2D eigenvalue weighted by atomic mass is 9.86. The van der Waals surface area contributed by atoms with Gasteiger partial charge in [-0.3, -0.25) is 4.79 Å². The molecule has 0 bridgehead atoms. The quantitative estimate of drug-likeness (QED) is 0.537. The van der Waals surface area contributed by atoms with E-state index < -0.39 is 0 Å². The van der Waals surface area contributed by atoms with E-state index in [0.29, 0.717) is 32.7 Å². The molecule has 2 aliphatic rings. The summed E-state index contributed by atoms with van der Waals surface area (Å²) in [6.45, 7) is 12.8. The van der Waals surface area contributed by atoms with Gasteiger partial charge in [0.1, 0.15) is 11.6 Å². The largest absolute Gasteiger partial charge is 0.378 e. The van der Waals surface area contributed by atoms with E-state index >= 15 is 0 Å². The number of fused-ring (bicyclic) bond motifs is 1. The van der Waals surface area contributed by atoms with Crippen molar-refractivity contribution in [2.45, 2.75) is 52.5 Å². The van der Waals surface area contributed by atoms with Crippen molar-refractivity contribution in [3.05, 3.63) is 87.9 Å². The Bertz CT molecular complexity index is 1240. The minimum atomic E-state index is 0.0617. The van der Waals surface area contributed by atoms with Crippen LogP contribution in [0, 0.1) is 6.92 Å². The predicted octanol–water partition coefficient (Wildman–Crippen LogP) is 4.71. The molecule has 3 heterocycles. The monoisotopic (exact) mass is 484 g/mol. The van der Waals surface area contributed by atoms with Crippen molar-refractivity contribution in [1.82, 2.24) is 14.9 Å². The fourth-order valence-electron chi connectivity index (χ4n) is 5.04. The highest BCUT2D eigenvalue weighted by atomic mass is 16.5. The van der Waals surface area contributed by atoms with Crippen LogP contribution in [0.1, 0.15) is 64.9 Å². The molecule has 2 aromatic carbocycles. The summed E-state index contributed by atoms with van der Waals surface area (Å²) in [6, 6.07) is 16.6. The van der Waals surface area contributed by atoms with E-state index in [1.54, 1.807) is 0 Å². The highest BCUT2D eigenvalue weighted by molar-refractivity contribution is 5.94. The molecule has 3 aromatic rings. The number of rotatable bonds is 4. The van der Waals surface area contributed by atoms with E-state index in [4.69, 9.17) is 14.7 Å². The Morgan fingerprint density at radius 3 is 2.44 bits per heavy atom. The molecule has 0 saturated carbocycles. The maximum atomic E-state index is 13.4. The highest BCUT2D eigenvalue weighted by Gasteiger charge is 2.29. The Hall–Kier alpha value is -3.25. The molecule has 0 spiro atoms. The van der Waals surface area contributed by atoms with Gasteiger partial charge in [-0.05, 0) is 35.6 Å². The van der Waals surface area contributed by atoms with Crippen LogP contribution in [0.15, 0.2) is 48.5 Å². The number of aryl methyl sites for hydroxylation is 1. The molecule has 188 valence electrons. The molecular formula is C30H36N4O2. The second-order valence-corrected chi connectivity index (χ2v) is 11.0. The number of nitrogens with zero attached hydrogens (tertiary/aromatic N) is 4. The van der Waals surface area contributed by atoms with Crippen LogP contribution in [-0.4, -0.2) is 53.6 Å². The standard InChI is InChI=1S/C30H36N4O2/c1-21-6-5-7-22(18-21)19-27-31-26-12-13-34(20-25(26)28(32-27)33-14-16-36-17-15-33)29(35)23-8-10-24(11-9-23)30(2,3)4/h5-11,18H,12-17,19-20H2,1-4H3. The minimum Gasteiger partial charge on any atom is -0.378 e. The molecule has 1 amide bonds. The lowest BCUT2D eigenvalue weighted by molar-refractivity contribution is 0.0732. The van der Waals surface area contributed by atoms with E-state index in [0.717, 1.165) is 48.0 Å². The van der Waals surface area contributed by atoms with Crippen LogP contribution in [0.2, 0.25) is 0 Å². The van der Waals surface area contributed by atoms with E-state index in [1.807, 2.05) is 17.0 Å². The number of ether oxygens (including phenoxy) is 1. The second kappa shape index (κ2) is 10.0. The van der Waals surface area contributed by atoms with Crippen molar-refractivity contribution in [1.29, 1.82) is 0 Å². The molecule has 6 heteroatoms. The van der Waals surface area contributed by atoms with Gasteiger partial charge in [0.25, 0.3) is 5.91 Å². The average Bonchev–Trinajstić information content (AvgIpc) is 2.88. The number of hydrogen-bond donors (Lipinski definition) is 0. The fraction of sp³-hybridized carbons (Fsp3) is 0.433. The number of benzene rings is 2. The maximum Gasteiger partial charge on any atom is 0.254 e. The number of hydrogen-bond acceptors (Lipinski definition) is 5. The van der Waals surface area contributed by atoms with Gasteiger partial charge in [0, 0.05) is 43.6 Å². The van der Waals surface area contributed by atoms with E-state index in [9.17, 15) is 4.79 Å². The summed E-state index contributed by atoms with van der Waals surface area (Å²) in [6.07, 6.45) is 1.44. The molecule has 6 nitrogen and oxygen atoms in total. The van der Waals surface area contributed by atoms with Gasteiger partial charge < -0.3 is 14.5 Å². The van der Waals surface area contributed by atoms with Gasteiger partial charge in [0.05, 0.1) is 25.5 Å². The Morgan fingerprint density at radius 2 is 1.75 bits per heavy atom. The molecule has 1 saturated heterocycles. The Kier molecular flexibility index (Phi) is 6.80. The van der Waals surface area contributed by atoms with Crippen molar-refractivity contribution in [2.75, 3.05) is 37.7 Å². The maximum absolute atomic E-state index is 13.4. The summed E-state index contributed by atoms with van der Waals surface area (Å²) in [5.41, 5.74) is 6.63. The van der Waals surface area contributed by atoms with Crippen molar-refractivity contribution in [3.63, 3.8) is 0 Å². The minimum absolute atomic E-state index is 0.0617. The van der Waals surface area contributed by atoms with Crippen LogP contribution in [0.5, 0.6) is 0 Å². The van der Waals surface area contributed by atoms with Gasteiger partial charge in [-0.1, -0.05) is 62.7 Å². The summed E-state index contributed by atoms with van der Waals surface area (Å²) in [4.78, 5) is 27.8. The molecule has 2 aliphatic heterocycles. The molecule has 1 fully saturated rings. The third-order valence-corrected chi connectivity index (χ3v) is 7.13. The molecule has 0 radical (unpaired) electrons. The van der Waals surface area contributed by atoms with Gasteiger partial charge in [-0.2, -0.15) is 0 Å². The lowest BCUT2D eigenvalue weighted by Gasteiger charge is -2.34. The van der Waals surface area contributed by atoms with Crippen molar-refractivity contribution in [3.8, 4) is 0 Å². The first-order valence-corrected chi connectivity index (χ1v) is 12.9. The van der Waals surface area contributed by atoms with Crippen LogP contribution in [0.4, 0.5) is 5.82 Å². The van der Waals surface area contributed by atoms with E-state index in [2.05, 4.69) is 69.0 Å². The third kappa shape index (κ3) is 5.29. The van der Waals surface area contributed by atoms with Crippen LogP contribution in [0.25, 0.3) is 0 Å². The fourth-order valence-corrected chi connectivity index (χ4v) is 5.04. The molecule has 0 aliphatic carbocycles. The van der Waals surface area contributed by atoms with Crippen molar-refractivity contribution in [2.24, 2.45) is 0 Å². The van der Waals surface area contributed by atoms with Gasteiger partial charge in [0.2, 0.25) is 0 Å². The third-order valence-electron chi connectivity index (χ3n) is 7.13. The summed E-state index contributed by atoms with van der Waals surface area (Å²) >= 11 is 0. The summed E-state index contributed by atoms with van der Waals surface area (Å²) in [5.74, 6) is 1.88. The normalized spacial score (nSPS) is 16.1. The van der Waals surface area contributed by atoms with Gasteiger partial charge >= 0.3 is 0 Å². The molecule has 36 heavy (non-hydrogen) atoms. The summed E-state index contributed by atoms with van der Waals surface area (Å²) < 4.78 is 5.61. The molecule has 0 atom stereocenters. The number of morpholine rings is 1. The Morgan fingerprint density at radius 1 is 1.00 bits per heavy atom. The lowest BCUT2D eigenvalue weighted by Crippen LogP contribution is -2.41. The first-order chi connectivity index (χ1) is 17.3. The average molecular weight is 485 g/mol. The topological polar surface area (TPSA) is 58.6 Å². The number of carbonyl (C=O) groups is 1. The Balaban J connectivity index is 1.43. The highest BCUT2D eigenvalue weighted by Crippen LogP contribution is 2.29. The second-order valence-electron chi connectivity index (χ2n) is 11.0. The van der Waals surface area contributed by atoms with E-state index in [1.165, 1.54) is 16.7 Å². The SMILES string of the molecule is Cc1cccc(Cc2nc3c(c(N4CCOCC4)n2)CN(C(=O)c2ccc(C(C)(C)C)cc2)CC3)c1. The first kappa shape index (κ1) is 24.4. The smallest absolute Gasteiger partial charge is 0.254 e. The van der Waals surface area contributed by atoms with Gasteiger partial charge in [-0.25, -0.2) is 9.97 Å². The zero-order valence-electron chi connectivity index (χ0n) is 21.9. The van der Waals surface area contributed by atoms with Crippen molar-refractivity contribution < 1.29 is 9.53 Å². The van der Waals surface area contributed by atoms with Crippen LogP contribution in [-0.2, 0) is 29.5 Å². The molecule has 5 rings (SSSR count). The van der Waals surface area contributed by atoms with Crippen LogP contribution in [0.3, 0.4) is 0 Å². The number of amides is 1. The number of carbonyl (C=O) groups excluding carboxylic acids is 1. The molecule has 0 N–H and O–H groups in total. The number of aromatic nitrogens is 2. The predicted molar refractivity (Wildman–Crippen MR) is 143 cm³/mol. The Labute approximate surface area is 214 Å². The van der Waals surface area contributed by atoms with Crippen LogP contribution < -0.4 is 4.90 Å². The summed E-state index contributed by atoms with van der Waals surface area (Å²) in [7, 11) is 0. The van der Waals surface area contributed by atoms with Gasteiger partial charge in [0.15, 0.2) is 0 Å². The van der Waals surface area contributed by atoms with E-state index in [-0.39, 0.29) is 11.3 Å². The molecule has 0 unspecified atom stereocenters. The molecular weight excluding hydrogens is 448 g/mol. The zero-order valence-corrected chi connectivity index (χ0v) is 21.9. The van der Waals surface area contributed by atoms with Crippen molar-refractivity contribution >= 4 is 11.7 Å². The first-order valence-electron chi connectivity index (χ1n) is 12.9. The van der Waals surface area contributed by atoms with Gasteiger partial charge in [-0.15, -0.1) is 0 Å². The van der Waals surface area contributed by atoms with Crippen LogP contribution >= 0.6 is 0 Å². The zero-order chi connectivity index (χ0) is 25.3. The number of anilines is 1. The molecule has 1 aromatic heterocycles. The summed E-state index contributed by atoms with van der Waals surface area (Å²) in [5, 5.41) is 0.